The van der Waals surface area contributed by atoms with E-state index >= 15 is 0 Å². The highest BCUT2D eigenvalue weighted by atomic mass is 16.5. The van der Waals surface area contributed by atoms with Gasteiger partial charge in [-0.25, -0.2) is 0 Å². The Morgan fingerprint density at radius 2 is 2.37 bits per heavy atom. The highest BCUT2D eigenvalue weighted by molar-refractivity contribution is 5.47. The zero-order valence-electron chi connectivity index (χ0n) is 12.2. The number of rotatable bonds is 5. The first-order valence-corrected chi connectivity index (χ1v) is 7.18. The van der Waals surface area contributed by atoms with Crippen LogP contribution in [0, 0.1) is 5.92 Å². The number of hydrogen-bond donors (Lipinski definition) is 1. The summed E-state index contributed by atoms with van der Waals surface area (Å²) in [6.45, 7) is 8.27. The molecule has 1 aromatic rings. The average molecular weight is 263 g/mol. The Labute approximate surface area is 116 Å². The highest BCUT2D eigenvalue weighted by Crippen LogP contribution is 2.24. The molecule has 0 saturated carbocycles. The van der Waals surface area contributed by atoms with Gasteiger partial charge in [-0.1, -0.05) is 13.8 Å². The molecule has 19 heavy (non-hydrogen) atoms. The number of ether oxygens (including phenoxy) is 1. The number of methoxy groups -OCH3 is 1. The second-order valence-electron chi connectivity index (χ2n) is 5.27. The predicted octanol–water partition coefficient (Wildman–Crippen LogP) is 2.05. The average Bonchev–Trinajstić information content (AvgIpc) is 2.46. The minimum Gasteiger partial charge on any atom is -0.379 e. The number of nitrogens with zero attached hydrogens (tertiary/aromatic N) is 2. The summed E-state index contributed by atoms with van der Waals surface area (Å²) in [5, 5.41) is 3.32. The van der Waals surface area contributed by atoms with Gasteiger partial charge in [0.25, 0.3) is 0 Å². The van der Waals surface area contributed by atoms with Crippen LogP contribution < -0.4 is 10.2 Å². The molecular weight excluding hydrogens is 238 g/mol. The minimum atomic E-state index is 0.333. The van der Waals surface area contributed by atoms with Crippen molar-refractivity contribution in [1.29, 1.82) is 0 Å². The van der Waals surface area contributed by atoms with Gasteiger partial charge in [-0.2, -0.15) is 0 Å². The summed E-state index contributed by atoms with van der Waals surface area (Å²) >= 11 is 0. The summed E-state index contributed by atoms with van der Waals surface area (Å²) in [5.74, 6) is 0.643. The topological polar surface area (TPSA) is 37.4 Å². The van der Waals surface area contributed by atoms with Crippen LogP contribution in [0.1, 0.15) is 26.0 Å². The van der Waals surface area contributed by atoms with Crippen molar-refractivity contribution >= 4 is 5.69 Å². The number of nitrogens with one attached hydrogen (secondary N) is 1. The molecule has 4 nitrogen and oxygen atoms in total. The molecule has 0 aliphatic carbocycles. The normalized spacial score (nSPS) is 23.6. The van der Waals surface area contributed by atoms with Crippen LogP contribution in [0.25, 0.3) is 0 Å². The van der Waals surface area contributed by atoms with Crippen molar-refractivity contribution in [3.05, 3.63) is 24.0 Å². The van der Waals surface area contributed by atoms with Crippen LogP contribution in [0.15, 0.2) is 18.3 Å². The molecule has 0 aromatic carbocycles. The molecule has 2 rings (SSSR count). The van der Waals surface area contributed by atoms with E-state index in [1.807, 2.05) is 13.3 Å². The van der Waals surface area contributed by atoms with E-state index in [1.165, 1.54) is 12.1 Å². The molecule has 1 aliphatic rings. The highest BCUT2D eigenvalue weighted by Gasteiger charge is 2.26. The van der Waals surface area contributed by atoms with Gasteiger partial charge >= 0.3 is 0 Å². The Balaban J connectivity index is 2.04. The number of aromatic nitrogens is 1. The molecule has 0 spiro atoms. The number of hydrogen-bond acceptors (Lipinski definition) is 4. The third kappa shape index (κ3) is 3.67. The van der Waals surface area contributed by atoms with Gasteiger partial charge < -0.3 is 15.0 Å². The summed E-state index contributed by atoms with van der Waals surface area (Å²) in [7, 11) is 1.81. The predicted molar refractivity (Wildman–Crippen MR) is 78.4 cm³/mol. The van der Waals surface area contributed by atoms with Crippen LogP contribution in [-0.2, 0) is 11.3 Å². The van der Waals surface area contributed by atoms with Gasteiger partial charge in [0, 0.05) is 38.6 Å². The first-order chi connectivity index (χ1) is 9.24. The van der Waals surface area contributed by atoms with E-state index in [-0.39, 0.29) is 0 Å². The summed E-state index contributed by atoms with van der Waals surface area (Å²) in [6.07, 6.45) is 3.42. The molecule has 1 saturated heterocycles. The molecule has 1 fully saturated rings. The van der Waals surface area contributed by atoms with Crippen molar-refractivity contribution in [2.45, 2.75) is 32.9 Å². The standard InChI is InChI=1S/C15H25N3O/c1-4-16-10-13-9-14(5-7-17-13)18-8-6-12(2)15(11-18)19-3/h5,7,9,12,15-16H,4,6,8,10-11H2,1-3H3. The van der Waals surface area contributed by atoms with E-state index in [9.17, 15) is 0 Å². The third-order valence-corrected chi connectivity index (χ3v) is 3.91. The summed E-state index contributed by atoms with van der Waals surface area (Å²) in [6, 6.07) is 4.28. The van der Waals surface area contributed by atoms with Crippen LogP contribution in [0.2, 0.25) is 0 Å². The Morgan fingerprint density at radius 1 is 1.53 bits per heavy atom. The molecule has 0 amide bonds. The largest absolute Gasteiger partial charge is 0.379 e. The second-order valence-corrected chi connectivity index (χ2v) is 5.27. The Bertz CT molecular complexity index is 397. The zero-order valence-corrected chi connectivity index (χ0v) is 12.2. The third-order valence-electron chi connectivity index (χ3n) is 3.91. The first-order valence-electron chi connectivity index (χ1n) is 7.18. The van der Waals surface area contributed by atoms with Crippen molar-refractivity contribution in [2.75, 3.05) is 31.6 Å². The van der Waals surface area contributed by atoms with Crippen LogP contribution in [0.5, 0.6) is 0 Å². The number of pyridine rings is 1. The second kappa shape index (κ2) is 6.87. The smallest absolute Gasteiger partial charge is 0.0772 e. The van der Waals surface area contributed by atoms with Gasteiger partial charge in [-0.05, 0) is 31.0 Å². The SMILES string of the molecule is CCNCc1cc(N2CCC(C)C(OC)C2)ccn1. The van der Waals surface area contributed by atoms with Crippen molar-refractivity contribution in [3.8, 4) is 0 Å². The van der Waals surface area contributed by atoms with Crippen molar-refractivity contribution in [3.63, 3.8) is 0 Å². The molecule has 1 aliphatic heterocycles. The molecule has 2 atom stereocenters. The van der Waals surface area contributed by atoms with E-state index in [4.69, 9.17) is 4.74 Å². The number of piperidine rings is 1. The van der Waals surface area contributed by atoms with Crippen LogP contribution >= 0.6 is 0 Å². The lowest BCUT2D eigenvalue weighted by atomic mass is 9.95. The molecule has 2 unspecified atom stereocenters. The first kappa shape index (κ1) is 14.3. The van der Waals surface area contributed by atoms with Gasteiger partial charge in [-0.3, -0.25) is 4.98 Å². The molecule has 4 heteroatoms. The zero-order chi connectivity index (χ0) is 13.7. The van der Waals surface area contributed by atoms with Gasteiger partial charge in [0.2, 0.25) is 0 Å². The maximum absolute atomic E-state index is 5.58. The van der Waals surface area contributed by atoms with E-state index in [1.54, 1.807) is 0 Å². The van der Waals surface area contributed by atoms with Gasteiger partial charge in [0.05, 0.1) is 11.8 Å². The summed E-state index contributed by atoms with van der Waals surface area (Å²) in [5.41, 5.74) is 2.36. The molecule has 2 heterocycles. The maximum atomic E-state index is 5.58. The van der Waals surface area contributed by atoms with Crippen LogP contribution in [0.4, 0.5) is 5.69 Å². The molecule has 106 valence electrons. The van der Waals surface area contributed by atoms with E-state index in [2.05, 4.69) is 41.2 Å². The fraction of sp³-hybridized carbons (Fsp3) is 0.667. The Morgan fingerprint density at radius 3 is 3.11 bits per heavy atom. The minimum absolute atomic E-state index is 0.333. The van der Waals surface area contributed by atoms with E-state index in [0.29, 0.717) is 12.0 Å². The molecule has 0 bridgehead atoms. The van der Waals surface area contributed by atoms with Gasteiger partial charge in [0.15, 0.2) is 0 Å². The van der Waals surface area contributed by atoms with Crippen molar-refractivity contribution in [1.82, 2.24) is 10.3 Å². The van der Waals surface area contributed by atoms with Crippen molar-refractivity contribution < 1.29 is 4.74 Å². The lowest BCUT2D eigenvalue weighted by Gasteiger charge is -2.37. The van der Waals surface area contributed by atoms with Gasteiger partial charge in [-0.15, -0.1) is 0 Å². The quantitative estimate of drug-likeness (QED) is 0.882. The fourth-order valence-corrected chi connectivity index (χ4v) is 2.59. The monoisotopic (exact) mass is 263 g/mol. The molecule has 1 N–H and O–H groups in total. The molecule has 0 radical (unpaired) electrons. The van der Waals surface area contributed by atoms with Crippen molar-refractivity contribution in [2.24, 2.45) is 5.92 Å². The van der Waals surface area contributed by atoms with E-state index < -0.39 is 0 Å². The number of anilines is 1. The Hall–Kier alpha value is -1.13. The Kier molecular flexibility index (Phi) is 5.16. The summed E-state index contributed by atoms with van der Waals surface area (Å²) < 4.78 is 5.58. The van der Waals surface area contributed by atoms with Crippen LogP contribution in [-0.4, -0.2) is 37.8 Å². The molecule has 1 aromatic heterocycles. The van der Waals surface area contributed by atoms with Crippen LogP contribution in [0.3, 0.4) is 0 Å². The summed E-state index contributed by atoms with van der Waals surface area (Å²) in [4.78, 5) is 6.81. The lowest BCUT2D eigenvalue weighted by molar-refractivity contribution is 0.0498. The lowest BCUT2D eigenvalue weighted by Crippen LogP contribution is -2.44. The fourth-order valence-electron chi connectivity index (χ4n) is 2.59. The van der Waals surface area contributed by atoms with E-state index in [0.717, 1.165) is 31.9 Å². The van der Waals surface area contributed by atoms with Gasteiger partial charge in [0.1, 0.15) is 0 Å². The maximum Gasteiger partial charge on any atom is 0.0772 e. The molecular formula is C15H25N3O.